The van der Waals surface area contributed by atoms with E-state index in [2.05, 4.69) is 126 Å². The van der Waals surface area contributed by atoms with Crippen LogP contribution in [-0.2, 0) is 0 Å². The van der Waals surface area contributed by atoms with Crippen LogP contribution in [0, 0.1) is 11.3 Å². The van der Waals surface area contributed by atoms with E-state index in [0.717, 1.165) is 81.9 Å². The van der Waals surface area contributed by atoms with Crippen LogP contribution in [0.2, 0.25) is 0 Å². The molecule has 0 unspecified atom stereocenters. The fraction of sp³-hybridized carbons (Fsp3) is 0. The van der Waals surface area contributed by atoms with Gasteiger partial charge in [0.15, 0.2) is 0 Å². The molecule has 0 aliphatic carbocycles. The van der Waals surface area contributed by atoms with Gasteiger partial charge in [-0.15, -0.1) is 22.7 Å². The van der Waals surface area contributed by atoms with Gasteiger partial charge in [0, 0.05) is 27.6 Å². The normalized spacial score (nSPS) is 11.5. The predicted octanol–water partition coefficient (Wildman–Crippen LogP) is 12.5. The number of para-hydroxylation sites is 2. The zero-order valence-electron chi connectivity index (χ0n) is 27.1. The zero-order valence-corrected chi connectivity index (χ0v) is 28.7. The summed E-state index contributed by atoms with van der Waals surface area (Å²) in [6.45, 7) is 0. The minimum Gasteiger partial charge on any atom is -0.309 e. The van der Waals surface area contributed by atoms with E-state index in [1.165, 1.54) is 9.40 Å². The van der Waals surface area contributed by atoms with E-state index < -0.39 is 0 Å². The topological polar surface area (TPSA) is 54.5 Å². The van der Waals surface area contributed by atoms with Crippen molar-refractivity contribution in [3.63, 3.8) is 0 Å². The lowest BCUT2D eigenvalue weighted by Gasteiger charge is -2.14. The van der Waals surface area contributed by atoms with E-state index in [0.29, 0.717) is 5.56 Å². The molecule has 0 spiro atoms. The molecule has 0 atom stereocenters. The molecular formula is C45H26N4S2. The van der Waals surface area contributed by atoms with Gasteiger partial charge in [-0.05, 0) is 113 Å². The summed E-state index contributed by atoms with van der Waals surface area (Å²) in [7, 11) is 0. The highest BCUT2D eigenvalue weighted by molar-refractivity contribution is 7.22. The number of fused-ring (bicyclic) bond motifs is 5. The van der Waals surface area contributed by atoms with Crippen molar-refractivity contribution in [2.75, 3.05) is 0 Å². The summed E-state index contributed by atoms with van der Waals surface area (Å²) in [5.41, 5.74) is 12.6. The summed E-state index contributed by atoms with van der Waals surface area (Å²) in [5, 5.41) is 13.8. The number of hydrogen-bond acceptors (Lipinski definition) is 5. The second kappa shape index (κ2) is 11.9. The average molecular weight is 687 g/mol. The molecule has 3 aromatic heterocycles. The highest BCUT2D eigenvalue weighted by Crippen LogP contribution is 2.41. The first-order valence-corrected chi connectivity index (χ1v) is 18.3. The van der Waals surface area contributed by atoms with Crippen molar-refractivity contribution >= 4 is 64.9 Å². The lowest BCUT2D eigenvalue weighted by atomic mass is 9.97. The Kier molecular flexibility index (Phi) is 6.88. The number of thiazole rings is 2. The molecule has 7 aromatic carbocycles. The fourth-order valence-corrected chi connectivity index (χ4v) is 8.92. The van der Waals surface area contributed by atoms with E-state index in [9.17, 15) is 5.26 Å². The smallest absolute Gasteiger partial charge is 0.124 e. The van der Waals surface area contributed by atoms with Gasteiger partial charge in [-0.25, -0.2) is 9.97 Å². The molecule has 0 N–H and O–H groups in total. The Hall–Kier alpha value is -6.39. The molecule has 0 fully saturated rings. The van der Waals surface area contributed by atoms with Gasteiger partial charge < -0.3 is 4.57 Å². The van der Waals surface area contributed by atoms with Crippen LogP contribution in [0.1, 0.15) is 5.56 Å². The molecule has 0 amide bonds. The summed E-state index contributed by atoms with van der Waals surface area (Å²) < 4.78 is 4.75. The summed E-state index contributed by atoms with van der Waals surface area (Å²) in [4.78, 5) is 10.0. The molecule has 0 aliphatic heterocycles. The van der Waals surface area contributed by atoms with Crippen LogP contribution in [0.25, 0.3) is 91.3 Å². The Morgan fingerprint density at radius 2 is 0.941 bits per heavy atom. The van der Waals surface area contributed by atoms with Gasteiger partial charge in [0.05, 0.1) is 43.1 Å². The number of nitrogens with zero attached hydrogens (tertiary/aromatic N) is 4. The van der Waals surface area contributed by atoms with E-state index in [-0.39, 0.29) is 0 Å². The van der Waals surface area contributed by atoms with Crippen molar-refractivity contribution in [1.29, 1.82) is 5.26 Å². The second-order valence-electron chi connectivity index (χ2n) is 12.6. The monoisotopic (exact) mass is 686 g/mol. The lowest BCUT2D eigenvalue weighted by molar-refractivity contribution is 1.18. The molecule has 4 nitrogen and oxygen atoms in total. The third-order valence-electron chi connectivity index (χ3n) is 9.48. The number of rotatable bonds is 5. The number of benzene rings is 7. The van der Waals surface area contributed by atoms with Crippen molar-refractivity contribution in [2.45, 2.75) is 0 Å². The van der Waals surface area contributed by atoms with Crippen LogP contribution < -0.4 is 0 Å². The van der Waals surface area contributed by atoms with Crippen molar-refractivity contribution in [2.24, 2.45) is 0 Å². The first-order valence-electron chi connectivity index (χ1n) is 16.7. The van der Waals surface area contributed by atoms with E-state index in [4.69, 9.17) is 9.97 Å². The van der Waals surface area contributed by atoms with E-state index in [1.54, 1.807) is 22.7 Å². The van der Waals surface area contributed by atoms with Gasteiger partial charge in [0.2, 0.25) is 0 Å². The third kappa shape index (κ3) is 5.11. The molecular weight excluding hydrogens is 661 g/mol. The Morgan fingerprint density at radius 1 is 0.451 bits per heavy atom. The number of aromatic nitrogens is 3. The van der Waals surface area contributed by atoms with Gasteiger partial charge in [-0.3, -0.25) is 0 Å². The minimum absolute atomic E-state index is 0.647. The van der Waals surface area contributed by atoms with Crippen LogP contribution in [-0.4, -0.2) is 14.5 Å². The highest BCUT2D eigenvalue weighted by Gasteiger charge is 2.18. The Balaban J connectivity index is 1.23. The van der Waals surface area contributed by atoms with Gasteiger partial charge in [0.25, 0.3) is 0 Å². The average Bonchev–Trinajstić information content (AvgIpc) is 3.92. The third-order valence-corrected chi connectivity index (χ3v) is 11.6. The summed E-state index contributed by atoms with van der Waals surface area (Å²) >= 11 is 3.45. The Morgan fingerprint density at radius 3 is 1.47 bits per heavy atom. The van der Waals surface area contributed by atoms with Gasteiger partial charge in [0.1, 0.15) is 10.0 Å². The summed E-state index contributed by atoms with van der Waals surface area (Å²) in [6.07, 6.45) is 0. The summed E-state index contributed by atoms with van der Waals surface area (Å²) in [5.74, 6) is 0. The lowest BCUT2D eigenvalue weighted by Crippen LogP contribution is -1.96. The number of hydrogen-bond donors (Lipinski definition) is 0. The van der Waals surface area contributed by atoms with Crippen molar-refractivity contribution < 1.29 is 0 Å². The largest absolute Gasteiger partial charge is 0.309 e. The maximum atomic E-state index is 9.46. The zero-order chi connectivity index (χ0) is 33.9. The quantitative estimate of drug-likeness (QED) is 0.181. The molecule has 0 bridgehead atoms. The molecule has 0 radical (unpaired) electrons. The van der Waals surface area contributed by atoms with Crippen LogP contribution in [0.15, 0.2) is 158 Å². The Bertz CT molecular complexity index is 2780. The standard InChI is InChI=1S/C45H26N4S2/c46-27-28-14-16-30(17-15-28)34-22-33(29-8-2-1-3-9-29)23-35(24-34)49-40-20-18-31(44-47-38-10-4-6-12-42(38)50-44)25-36(40)37-26-32(19-21-41(37)49)45-48-39-11-5-7-13-43(39)51-45/h1-26H. The van der Waals surface area contributed by atoms with E-state index >= 15 is 0 Å². The van der Waals surface area contributed by atoms with Gasteiger partial charge >= 0.3 is 0 Å². The van der Waals surface area contributed by atoms with Crippen LogP contribution >= 0.6 is 22.7 Å². The van der Waals surface area contributed by atoms with Crippen molar-refractivity contribution in [3.8, 4) is 55.2 Å². The highest BCUT2D eigenvalue weighted by atomic mass is 32.1. The van der Waals surface area contributed by atoms with E-state index in [1.807, 2.05) is 42.5 Å². The molecule has 51 heavy (non-hydrogen) atoms. The molecule has 0 aliphatic rings. The molecule has 3 heterocycles. The summed E-state index contributed by atoms with van der Waals surface area (Å²) in [6, 6.07) is 57.5. The first kappa shape index (κ1) is 29.5. The minimum atomic E-state index is 0.647. The molecule has 10 rings (SSSR count). The molecule has 0 saturated carbocycles. The molecule has 238 valence electrons. The molecule has 0 saturated heterocycles. The van der Waals surface area contributed by atoms with Crippen molar-refractivity contribution in [3.05, 3.63) is 163 Å². The maximum absolute atomic E-state index is 9.46. The first-order chi connectivity index (χ1) is 25.2. The fourth-order valence-electron chi connectivity index (χ4n) is 7.00. The van der Waals surface area contributed by atoms with Crippen LogP contribution in [0.4, 0.5) is 0 Å². The Labute approximate surface area is 301 Å². The van der Waals surface area contributed by atoms with Gasteiger partial charge in [-0.1, -0.05) is 66.7 Å². The number of nitriles is 1. The van der Waals surface area contributed by atoms with Crippen LogP contribution in [0.3, 0.4) is 0 Å². The van der Waals surface area contributed by atoms with Gasteiger partial charge in [-0.2, -0.15) is 5.26 Å². The predicted molar refractivity (Wildman–Crippen MR) is 214 cm³/mol. The second-order valence-corrected chi connectivity index (χ2v) is 14.7. The molecule has 6 heteroatoms. The SMILES string of the molecule is N#Cc1ccc(-c2cc(-c3ccccc3)cc(-n3c4ccc(-c5nc6ccccc6s5)cc4c4cc(-c5nc6ccccc6s5)ccc43)c2)cc1. The molecule has 10 aromatic rings. The van der Waals surface area contributed by atoms with Crippen LogP contribution in [0.5, 0.6) is 0 Å². The maximum Gasteiger partial charge on any atom is 0.124 e. The van der Waals surface area contributed by atoms with Crippen molar-refractivity contribution in [1.82, 2.24) is 14.5 Å².